The standard InChI is InChI=1S/C24H30N2O.C9H10O/c1-17(19-11-9-8-10-12-19)15-25-26-16-18-13-20(23(2,3)4)22(27)21(14-18)24(5,6)7;1-8(7-10)9-5-3-2-4-6-9/h8-16H,1-7H3;2-8H,1H3/b17-15+,26-25?;. The van der Waals surface area contributed by atoms with Gasteiger partial charge in [0.25, 0.3) is 0 Å². The number of hydrogen-bond donors (Lipinski definition) is 0. The molecule has 1 aliphatic rings. The number of aldehydes is 1. The van der Waals surface area contributed by atoms with Gasteiger partial charge >= 0.3 is 0 Å². The molecule has 2 aromatic carbocycles. The zero-order valence-corrected chi connectivity index (χ0v) is 23.4. The van der Waals surface area contributed by atoms with Crippen LogP contribution in [0.2, 0.25) is 0 Å². The van der Waals surface area contributed by atoms with Gasteiger partial charge in [-0.1, -0.05) is 109 Å². The second-order valence-corrected chi connectivity index (χ2v) is 11.3. The summed E-state index contributed by atoms with van der Waals surface area (Å²) >= 11 is 0. The van der Waals surface area contributed by atoms with Crippen molar-refractivity contribution in [1.82, 2.24) is 0 Å². The first kappa shape index (κ1) is 29.6. The van der Waals surface area contributed by atoms with Crippen LogP contribution in [0.5, 0.6) is 0 Å². The average molecular weight is 497 g/mol. The van der Waals surface area contributed by atoms with Gasteiger partial charge in [0.2, 0.25) is 0 Å². The third-order valence-electron chi connectivity index (χ3n) is 6.01. The van der Waals surface area contributed by atoms with Crippen molar-refractivity contribution in [2.45, 2.75) is 61.3 Å². The molecule has 0 amide bonds. The fourth-order valence-electron chi connectivity index (χ4n) is 3.67. The highest BCUT2D eigenvalue weighted by Crippen LogP contribution is 2.38. The number of allylic oxidation sites excluding steroid dienone is 6. The minimum absolute atomic E-state index is 0.0289. The van der Waals surface area contributed by atoms with E-state index >= 15 is 0 Å². The van der Waals surface area contributed by atoms with Gasteiger partial charge in [0.1, 0.15) is 6.29 Å². The van der Waals surface area contributed by atoms with Gasteiger partial charge in [0, 0.05) is 17.1 Å². The molecular weight excluding hydrogens is 456 g/mol. The number of benzene rings is 2. The van der Waals surface area contributed by atoms with E-state index < -0.39 is 0 Å². The molecule has 0 aliphatic heterocycles. The maximum Gasteiger partial charge on any atom is 0.186 e. The molecule has 0 aromatic heterocycles. The SMILES string of the molecule is C/C(=C\N=NC=C1C=C(C(C)(C)C)C(=O)C(C(C)(C)C)=C1)c1ccccc1.CC(C=O)c1ccccc1. The smallest absolute Gasteiger partial charge is 0.186 e. The number of carbonyl (C=O) groups is 2. The molecule has 0 saturated heterocycles. The summed E-state index contributed by atoms with van der Waals surface area (Å²) in [7, 11) is 0. The number of nitrogens with zero attached hydrogens (tertiary/aromatic N) is 2. The van der Waals surface area contributed by atoms with E-state index in [9.17, 15) is 9.59 Å². The van der Waals surface area contributed by atoms with Gasteiger partial charge in [-0.2, -0.15) is 10.2 Å². The molecule has 0 radical (unpaired) electrons. The van der Waals surface area contributed by atoms with E-state index in [1.165, 1.54) is 0 Å². The Morgan fingerprint density at radius 3 is 1.73 bits per heavy atom. The molecule has 0 bridgehead atoms. The van der Waals surface area contributed by atoms with Crippen molar-refractivity contribution in [1.29, 1.82) is 0 Å². The molecule has 1 atom stereocenters. The third kappa shape index (κ3) is 9.05. The Morgan fingerprint density at radius 1 is 0.784 bits per heavy atom. The maximum atomic E-state index is 12.9. The second kappa shape index (κ2) is 13.0. The number of carbonyl (C=O) groups excluding carboxylic acids is 2. The molecule has 0 saturated carbocycles. The Morgan fingerprint density at radius 2 is 1.27 bits per heavy atom. The van der Waals surface area contributed by atoms with E-state index in [2.05, 4.69) is 51.8 Å². The van der Waals surface area contributed by atoms with E-state index in [1.54, 1.807) is 12.4 Å². The van der Waals surface area contributed by atoms with Gasteiger partial charge in [-0.05, 0) is 52.2 Å². The third-order valence-corrected chi connectivity index (χ3v) is 6.01. The molecule has 0 N–H and O–H groups in total. The van der Waals surface area contributed by atoms with Gasteiger partial charge in [-0.3, -0.25) is 4.79 Å². The predicted molar refractivity (Wildman–Crippen MR) is 154 cm³/mol. The topological polar surface area (TPSA) is 58.9 Å². The summed E-state index contributed by atoms with van der Waals surface area (Å²) in [6.45, 7) is 16.3. The number of azo groups is 1. The van der Waals surface area contributed by atoms with E-state index in [0.29, 0.717) is 0 Å². The van der Waals surface area contributed by atoms with Crippen molar-refractivity contribution < 1.29 is 9.59 Å². The molecule has 4 nitrogen and oxygen atoms in total. The van der Waals surface area contributed by atoms with Gasteiger partial charge in [0.15, 0.2) is 5.78 Å². The summed E-state index contributed by atoms with van der Waals surface area (Å²) in [5.41, 5.74) is 5.34. The van der Waals surface area contributed by atoms with Gasteiger partial charge in [-0.25, -0.2) is 0 Å². The minimum atomic E-state index is -0.220. The van der Waals surface area contributed by atoms with Crippen molar-refractivity contribution >= 4 is 17.6 Å². The van der Waals surface area contributed by atoms with Gasteiger partial charge in [0.05, 0.1) is 12.4 Å². The molecule has 3 rings (SSSR count). The highest BCUT2D eigenvalue weighted by molar-refractivity contribution is 6.11. The van der Waals surface area contributed by atoms with E-state index in [4.69, 9.17) is 0 Å². The summed E-state index contributed by atoms with van der Waals surface area (Å²) in [6.07, 6.45) is 8.30. The zero-order valence-electron chi connectivity index (χ0n) is 23.4. The molecule has 0 fully saturated rings. The molecule has 4 heteroatoms. The fraction of sp³-hybridized carbons (Fsp3) is 0.333. The van der Waals surface area contributed by atoms with Crippen LogP contribution in [0.4, 0.5) is 0 Å². The predicted octanol–water partition coefficient (Wildman–Crippen LogP) is 8.90. The van der Waals surface area contributed by atoms with E-state index in [0.717, 1.165) is 39.7 Å². The molecule has 194 valence electrons. The highest BCUT2D eigenvalue weighted by atomic mass is 16.1. The van der Waals surface area contributed by atoms with Crippen LogP contribution in [0.3, 0.4) is 0 Å². The van der Waals surface area contributed by atoms with Crippen molar-refractivity contribution in [2.24, 2.45) is 21.1 Å². The van der Waals surface area contributed by atoms with Crippen LogP contribution < -0.4 is 0 Å². The highest BCUT2D eigenvalue weighted by Gasteiger charge is 2.33. The molecular formula is C33H40N2O2. The van der Waals surface area contributed by atoms with E-state index in [1.807, 2.05) is 86.7 Å². The first-order chi connectivity index (χ1) is 17.3. The normalized spacial score (nSPS) is 15.4. The first-order valence-electron chi connectivity index (χ1n) is 12.7. The summed E-state index contributed by atoms with van der Waals surface area (Å²) in [5, 5.41) is 8.38. The number of rotatable bonds is 5. The lowest BCUT2D eigenvalue weighted by Gasteiger charge is -2.31. The van der Waals surface area contributed by atoms with Crippen LogP contribution in [-0.2, 0) is 9.59 Å². The number of Topliss-reactive ketones (excluding diaryl/α,β-unsaturated/α-hetero) is 1. The van der Waals surface area contributed by atoms with Crippen LogP contribution in [0.1, 0.15) is 72.4 Å². The summed E-state index contributed by atoms with van der Waals surface area (Å²) in [6, 6.07) is 19.8. The Bertz CT molecular complexity index is 1180. The van der Waals surface area contributed by atoms with Gasteiger partial charge in [-0.15, -0.1) is 0 Å². The Labute approximate surface area is 222 Å². The largest absolute Gasteiger partial charge is 0.303 e. The Kier molecular flexibility index (Phi) is 10.4. The van der Waals surface area contributed by atoms with Crippen molar-refractivity contribution in [3.8, 4) is 0 Å². The average Bonchev–Trinajstić information content (AvgIpc) is 2.86. The van der Waals surface area contributed by atoms with Crippen LogP contribution in [0, 0.1) is 10.8 Å². The lowest BCUT2D eigenvalue weighted by molar-refractivity contribution is -0.114. The molecule has 1 unspecified atom stereocenters. The molecule has 0 spiro atoms. The second-order valence-electron chi connectivity index (χ2n) is 11.3. The summed E-state index contributed by atoms with van der Waals surface area (Å²) < 4.78 is 0. The lowest BCUT2D eigenvalue weighted by atomic mass is 9.72. The minimum Gasteiger partial charge on any atom is -0.303 e. The van der Waals surface area contributed by atoms with Crippen LogP contribution >= 0.6 is 0 Å². The van der Waals surface area contributed by atoms with Crippen LogP contribution in [0.15, 0.2) is 112 Å². The molecule has 1 aliphatic carbocycles. The lowest BCUT2D eigenvalue weighted by Crippen LogP contribution is -2.27. The Hall–Kier alpha value is -3.66. The van der Waals surface area contributed by atoms with Gasteiger partial charge < -0.3 is 4.79 Å². The van der Waals surface area contributed by atoms with Crippen molar-refractivity contribution in [3.63, 3.8) is 0 Å². The van der Waals surface area contributed by atoms with Crippen LogP contribution in [0.25, 0.3) is 5.57 Å². The monoisotopic (exact) mass is 496 g/mol. The van der Waals surface area contributed by atoms with Crippen molar-refractivity contribution in [3.05, 3.63) is 113 Å². The molecule has 2 aromatic rings. The zero-order chi connectivity index (χ0) is 27.6. The van der Waals surface area contributed by atoms with E-state index in [-0.39, 0.29) is 22.5 Å². The summed E-state index contributed by atoms with van der Waals surface area (Å²) in [4.78, 5) is 23.2. The first-order valence-corrected chi connectivity index (χ1v) is 12.7. The Balaban J connectivity index is 0.000000402. The maximum absolute atomic E-state index is 12.9. The van der Waals surface area contributed by atoms with Crippen molar-refractivity contribution in [2.75, 3.05) is 0 Å². The molecule has 37 heavy (non-hydrogen) atoms. The molecule has 0 heterocycles. The number of hydrogen-bond acceptors (Lipinski definition) is 4. The fourth-order valence-corrected chi connectivity index (χ4v) is 3.67. The number of ketones is 1. The van der Waals surface area contributed by atoms with Crippen LogP contribution in [-0.4, -0.2) is 12.1 Å². The summed E-state index contributed by atoms with van der Waals surface area (Å²) in [5.74, 6) is 0.158. The quantitative estimate of drug-likeness (QED) is 0.306.